The Morgan fingerprint density at radius 1 is 1.37 bits per heavy atom. The Kier molecular flexibility index (Phi) is 3.12. The second-order valence-electron chi connectivity index (χ2n) is 4.37. The zero-order valence-corrected chi connectivity index (χ0v) is 11.2. The normalized spacial score (nSPS) is 13.0. The number of benzene rings is 1. The molecule has 0 saturated heterocycles. The van der Waals surface area contributed by atoms with Crippen LogP contribution in [0.4, 0.5) is 4.39 Å². The number of furan rings is 1. The van der Waals surface area contributed by atoms with Crippen LogP contribution < -0.4 is 0 Å². The van der Waals surface area contributed by atoms with Gasteiger partial charge in [0.2, 0.25) is 0 Å². The number of hydrogen-bond acceptors (Lipinski definition) is 3. The summed E-state index contributed by atoms with van der Waals surface area (Å²) in [5, 5.41) is 13.0. The van der Waals surface area contributed by atoms with Crippen molar-refractivity contribution < 1.29 is 13.9 Å². The molecule has 0 aliphatic rings. The summed E-state index contributed by atoms with van der Waals surface area (Å²) < 4.78 is 19.0. The number of para-hydroxylation sites is 1. The first-order chi connectivity index (χ1) is 9.20. The van der Waals surface area contributed by atoms with E-state index in [1.54, 1.807) is 18.2 Å². The first-order valence-corrected chi connectivity index (χ1v) is 7.01. The maximum atomic E-state index is 13.6. The Morgan fingerprint density at radius 3 is 2.95 bits per heavy atom. The van der Waals surface area contributed by atoms with E-state index in [9.17, 15) is 9.50 Å². The first-order valence-electron chi connectivity index (χ1n) is 6.13. The fourth-order valence-corrected chi connectivity index (χ4v) is 3.18. The molecule has 0 aliphatic heterocycles. The van der Waals surface area contributed by atoms with Gasteiger partial charge in [0.15, 0.2) is 11.4 Å². The zero-order valence-electron chi connectivity index (χ0n) is 10.4. The zero-order chi connectivity index (χ0) is 13.4. The van der Waals surface area contributed by atoms with E-state index in [0.717, 1.165) is 16.9 Å². The highest BCUT2D eigenvalue weighted by molar-refractivity contribution is 7.10. The molecule has 0 aliphatic carbocycles. The van der Waals surface area contributed by atoms with E-state index in [0.29, 0.717) is 11.1 Å². The van der Waals surface area contributed by atoms with Crippen LogP contribution in [0.25, 0.3) is 11.0 Å². The molecule has 1 N–H and O–H groups in total. The summed E-state index contributed by atoms with van der Waals surface area (Å²) in [6.07, 6.45) is 0.0200. The Hall–Kier alpha value is -1.65. The number of aliphatic hydroxyl groups excluding tert-OH is 1. The Morgan fingerprint density at radius 2 is 2.21 bits per heavy atom. The Labute approximate surface area is 114 Å². The molecule has 19 heavy (non-hydrogen) atoms. The minimum absolute atomic E-state index is 0.200. The highest BCUT2D eigenvalue weighted by Crippen LogP contribution is 2.33. The molecule has 0 amide bonds. The molecule has 1 unspecified atom stereocenters. The fraction of sp³-hybridized carbons (Fsp3) is 0.200. The van der Waals surface area contributed by atoms with E-state index in [1.807, 2.05) is 18.4 Å². The Balaban J connectivity index is 2.07. The molecule has 98 valence electrons. The van der Waals surface area contributed by atoms with Gasteiger partial charge in [-0.15, -0.1) is 11.3 Å². The van der Waals surface area contributed by atoms with Gasteiger partial charge in [-0.1, -0.05) is 19.1 Å². The number of fused-ring (bicyclic) bond motifs is 1. The van der Waals surface area contributed by atoms with Crippen molar-refractivity contribution in [1.82, 2.24) is 0 Å². The van der Waals surface area contributed by atoms with Crippen LogP contribution >= 0.6 is 11.3 Å². The Bertz CT molecular complexity index is 714. The molecule has 3 aromatic rings. The van der Waals surface area contributed by atoms with Crippen molar-refractivity contribution in [3.8, 4) is 0 Å². The van der Waals surface area contributed by atoms with Crippen LogP contribution in [0.1, 0.15) is 29.2 Å². The van der Waals surface area contributed by atoms with Crippen LogP contribution in [0.5, 0.6) is 0 Å². The van der Waals surface area contributed by atoms with Gasteiger partial charge in [-0.3, -0.25) is 0 Å². The quantitative estimate of drug-likeness (QED) is 0.774. The topological polar surface area (TPSA) is 33.4 Å². The summed E-state index contributed by atoms with van der Waals surface area (Å²) in [5.41, 5.74) is 1.30. The van der Waals surface area contributed by atoms with Gasteiger partial charge in [0.1, 0.15) is 11.9 Å². The summed E-state index contributed by atoms with van der Waals surface area (Å²) in [4.78, 5) is 0.863. The van der Waals surface area contributed by atoms with E-state index >= 15 is 0 Å². The largest absolute Gasteiger partial charge is 0.455 e. The van der Waals surface area contributed by atoms with Crippen LogP contribution in [0.2, 0.25) is 0 Å². The van der Waals surface area contributed by atoms with Crippen molar-refractivity contribution in [2.75, 3.05) is 0 Å². The molecule has 3 rings (SSSR count). The van der Waals surface area contributed by atoms with Gasteiger partial charge in [-0.2, -0.15) is 0 Å². The minimum Gasteiger partial charge on any atom is -0.455 e. The molecule has 0 radical (unpaired) electrons. The average Bonchev–Trinajstić information content (AvgIpc) is 3.04. The second-order valence-corrected chi connectivity index (χ2v) is 5.32. The average molecular weight is 276 g/mol. The van der Waals surface area contributed by atoms with Gasteiger partial charge < -0.3 is 9.52 Å². The number of thiophene rings is 1. The van der Waals surface area contributed by atoms with E-state index in [4.69, 9.17) is 4.42 Å². The summed E-state index contributed by atoms with van der Waals surface area (Å²) in [6.45, 7) is 2.04. The minimum atomic E-state index is -0.832. The lowest BCUT2D eigenvalue weighted by atomic mass is 10.1. The smallest absolute Gasteiger partial charge is 0.170 e. The highest BCUT2D eigenvalue weighted by atomic mass is 32.1. The van der Waals surface area contributed by atoms with Gasteiger partial charge in [0.25, 0.3) is 0 Å². The van der Waals surface area contributed by atoms with Crippen LogP contribution in [-0.2, 0) is 6.42 Å². The molecule has 4 heteroatoms. The number of halogens is 1. The predicted molar refractivity (Wildman–Crippen MR) is 73.9 cm³/mol. The molecule has 0 bridgehead atoms. The molecule has 0 spiro atoms. The van der Waals surface area contributed by atoms with E-state index < -0.39 is 11.9 Å². The van der Waals surface area contributed by atoms with Gasteiger partial charge >= 0.3 is 0 Å². The third kappa shape index (κ3) is 2.07. The molecular weight excluding hydrogens is 263 g/mol. The highest BCUT2D eigenvalue weighted by Gasteiger charge is 2.20. The van der Waals surface area contributed by atoms with Crippen molar-refractivity contribution in [2.45, 2.75) is 19.4 Å². The maximum absolute atomic E-state index is 13.6. The molecule has 2 nitrogen and oxygen atoms in total. The number of hydrogen-bond donors (Lipinski definition) is 1. The molecule has 2 aromatic heterocycles. The summed E-state index contributed by atoms with van der Waals surface area (Å²) >= 11 is 1.49. The third-order valence-corrected chi connectivity index (χ3v) is 4.21. The first kappa shape index (κ1) is 12.4. The van der Waals surface area contributed by atoms with Crippen molar-refractivity contribution in [3.05, 3.63) is 57.7 Å². The van der Waals surface area contributed by atoms with Gasteiger partial charge in [0, 0.05) is 10.3 Å². The molecular formula is C15H13FO2S. The van der Waals surface area contributed by atoms with Crippen molar-refractivity contribution in [2.24, 2.45) is 0 Å². The molecule has 1 aromatic carbocycles. The lowest BCUT2D eigenvalue weighted by molar-refractivity contribution is 0.194. The molecule has 0 fully saturated rings. The van der Waals surface area contributed by atoms with Crippen molar-refractivity contribution in [1.29, 1.82) is 0 Å². The number of aryl methyl sites for hydroxylation is 1. The fourth-order valence-electron chi connectivity index (χ4n) is 2.19. The summed E-state index contributed by atoms with van der Waals surface area (Å²) in [7, 11) is 0. The van der Waals surface area contributed by atoms with Crippen LogP contribution in [0, 0.1) is 5.82 Å². The van der Waals surface area contributed by atoms with Gasteiger partial charge in [-0.05, 0) is 35.6 Å². The SMILES string of the molecule is CCc1ccsc1C(O)c1cc2cccc(F)c2o1. The standard InChI is InChI=1S/C15H13FO2S/c1-2-9-6-7-19-15(9)13(17)12-8-10-4-3-5-11(16)14(10)18-12/h3-8,13,17H,2H2,1H3. The number of aliphatic hydroxyl groups is 1. The van der Waals surface area contributed by atoms with E-state index in [-0.39, 0.29) is 5.58 Å². The van der Waals surface area contributed by atoms with E-state index in [2.05, 4.69) is 0 Å². The molecule has 0 saturated carbocycles. The summed E-state index contributed by atoms with van der Waals surface area (Å²) in [6, 6.07) is 8.44. The summed E-state index contributed by atoms with van der Waals surface area (Å²) in [5.74, 6) is -0.0184. The van der Waals surface area contributed by atoms with Crippen LogP contribution in [0.3, 0.4) is 0 Å². The monoisotopic (exact) mass is 276 g/mol. The molecule has 1 atom stereocenters. The van der Waals surface area contributed by atoms with Crippen LogP contribution in [0.15, 0.2) is 40.1 Å². The second kappa shape index (κ2) is 4.79. The molecule has 2 heterocycles. The lowest BCUT2D eigenvalue weighted by Crippen LogP contribution is -1.98. The van der Waals surface area contributed by atoms with Crippen molar-refractivity contribution >= 4 is 22.3 Å². The number of rotatable bonds is 3. The maximum Gasteiger partial charge on any atom is 0.170 e. The van der Waals surface area contributed by atoms with Gasteiger partial charge in [0.05, 0.1) is 0 Å². The van der Waals surface area contributed by atoms with E-state index in [1.165, 1.54) is 17.4 Å². The third-order valence-electron chi connectivity index (χ3n) is 3.19. The van der Waals surface area contributed by atoms with Gasteiger partial charge in [-0.25, -0.2) is 4.39 Å². The van der Waals surface area contributed by atoms with Crippen LogP contribution in [-0.4, -0.2) is 5.11 Å². The lowest BCUT2D eigenvalue weighted by Gasteiger charge is -2.07. The van der Waals surface area contributed by atoms with Crippen molar-refractivity contribution in [3.63, 3.8) is 0 Å². The predicted octanol–water partition coefficient (Wildman–Crippen LogP) is 4.28.